The van der Waals surface area contributed by atoms with Gasteiger partial charge in [-0.2, -0.15) is 0 Å². The average molecular weight is 209 g/mol. The lowest BCUT2D eigenvalue weighted by Crippen LogP contribution is -2.23. The highest BCUT2D eigenvalue weighted by atomic mass is 15.0. The van der Waals surface area contributed by atoms with E-state index >= 15 is 0 Å². The second-order valence-corrected chi connectivity index (χ2v) is 4.04. The first kappa shape index (κ1) is 12.2. The third kappa shape index (κ3) is 4.98. The van der Waals surface area contributed by atoms with Crippen LogP contribution < -0.4 is 5.32 Å². The second kappa shape index (κ2) is 7.46. The van der Waals surface area contributed by atoms with Crippen molar-refractivity contribution in [1.82, 2.24) is 14.9 Å². The number of rotatable bonds is 8. The van der Waals surface area contributed by atoms with E-state index in [1.54, 1.807) is 0 Å². The summed E-state index contributed by atoms with van der Waals surface area (Å²) in [5.41, 5.74) is 0. The molecule has 15 heavy (non-hydrogen) atoms. The Labute approximate surface area is 92.9 Å². The van der Waals surface area contributed by atoms with Crippen LogP contribution in [-0.4, -0.2) is 22.6 Å². The predicted octanol–water partition coefficient (Wildman–Crippen LogP) is 2.30. The molecule has 0 aliphatic heterocycles. The zero-order valence-electron chi connectivity index (χ0n) is 9.95. The summed E-state index contributed by atoms with van der Waals surface area (Å²) in [6.45, 7) is 7.87. The van der Waals surface area contributed by atoms with Crippen molar-refractivity contribution < 1.29 is 0 Å². The van der Waals surface area contributed by atoms with Gasteiger partial charge in [0.25, 0.3) is 0 Å². The molecule has 0 fully saturated rings. The van der Waals surface area contributed by atoms with E-state index in [0.717, 1.165) is 25.6 Å². The highest BCUT2D eigenvalue weighted by Crippen LogP contribution is 2.04. The number of imidazole rings is 1. The Bertz CT molecular complexity index is 227. The number of nitrogens with zero attached hydrogens (tertiary/aromatic N) is 2. The van der Waals surface area contributed by atoms with Gasteiger partial charge in [-0.25, -0.2) is 4.98 Å². The summed E-state index contributed by atoms with van der Waals surface area (Å²) in [6.07, 6.45) is 9.46. The van der Waals surface area contributed by atoms with E-state index in [2.05, 4.69) is 28.7 Å². The molecule has 1 aromatic rings. The molecule has 3 nitrogen and oxygen atoms in total. The largest absolute Gasteiger partial charge is 0.337 e. The minimum Gasteiger partial charge on any atom is -0.337 e. The topological polar surface area (TPSA) is 29.9 Å². The smallest absolute Gasteiger partial charge is 0.0945 e. The molecule has 0 saturated carbocycles. The predicted molar refractivity (Wildman–Crippen MR) is 63.8 cm³/mol. The summed E-state index contributed by atoms with van der Waals surface area (Å²) in [5.74, 6) is 0.846. The Morgan fingerprint density at radius 3 is 2.73 bits per heavy atom. The molecular weight excluding hydrogens is 186 g/mol. The van der Waals surface area contributed by atoms with Gasteiger partial charge in [0.2, 0.25) is 0 Å². The molecule has 0 spiro atoms. The standard InChI is InChI=1S/C12H23N3/c1-3-12(4-2)10-13-6-5-8-15-9-7-14-11-15/h7,9,11-13H,3-6,8,10H2,1-2H3. The zero-order chi connectivity index (χ0) is 10.9. The minimum absolute atomic E-state index is 0.846. The fourth-order valence-electron chi connectivity index (χ4n) is 1.69. The second-order valence-electron chi connectivity index (χ2n) is 4.04. The van der Waals surface area contributed by atoms with Gasteiger partial charge in [0.15, 0.2) is 0 Å². The van der Waals surface area contributed by atoms with Crippen LogP contribution in [0.5, 0.6) is 0 Å². The van der Waals surface area contributed by atoms with E-state index in [9.17, 15) is 0 Å². The Morgan fingerprint density at radius 2 is 2.13 bits per heavy atom. The van der Waals surface area contributed by atoms with Crippen molar-refractivity contribution in [2.45, 2.75) is 39.7 Å². The Balaban J connectivity index is 1.97. The van der Waals surface area contributed by atoms with Gasteiger partial charge in [0, 0.05) is 18.9 Å². The average Bonchev–Trinajstić information content (AvgIpc) is 2.76. The molecule has 0 radical (unpaired) electrons. The van der Waals surface area contributed by atoms with Crippen LogP contribution in [0.3, 0.4) is 0 Å². The summed E-state index contributed by atoms with van der Waals surface area (Å²) < 4.78 is 2.12. The first-order chi connectivity index (χ1) is 7.36. The van der Waals surface area contributed by atoms with E-state index < -0.39 is 0 Å². The van der Waals surface area contributed by atoms with Crippen molar-refractivity contribution in [3.05, 3.63) is 18.7 Å². The molecule has 0 aromatic carbocycles. The van der Waals surface area contributed by atoms with Crippen LogP contribution in [0.4, 0.5) is 0 Å². The van der Waals surface area contributed by atoms with Crippen molar-refractivity contribution in [1.29, 1.82) is 0 Å². The van der Waals surface area contributed by atoms with Crippen LogP contribution in [0.2, 0.25) is 0 Å². The van der Waals surface area contributed by atoms with Gasteiger partial charge in [0.05, 0.1) is 6.33 Å². The highest BCUT2D eigenvalue weighted by Gasteiger charge is 2.01. The molecule has 0 bridgehead atoms. The van der Waals surface area contributed by atoms with E-state index in [1.165, 1.54) is 19.3 Å². The van der Waals surface area contributed by atoms with Gasteiger partial charge >= 0.3 is 0 Å². The summed E-state index contributed by atoms with van der Waals surface area (Å²) in [6, 6.07) is 0. The van der Waals surface area contributed by atoms with Gasteiger partial charge in [-0.1, -0.05) is 26.7 Å². The number of aromatic nitrogens is 2. The maximum absolute atomic E-state index is 4.02. The zero-order valence-corrected chi connectivity index (χ0v) is 9.95. The fraction of sp³-hybridized carbons (Fsp3) is 0.750. The van der Waals surface area contributed by atoms with E-state index in [0.29, 0.717) is 0 Å². The molecule has 1 N–H and O–H groups in total. The molecule has 0 amide bonds. The molecule has 1 aromatic heterocycles. The van der Waals surface area contributed by atoms with Gasteiger partial charge in [0.1, 0.15) is 0 Å². The molecule has 1 heterocycles. The Kier molecular flexibility index (Phi) is 6.09. The molecular formula is C12H23N3. The summed E-state index contributed by atoms with van der Waals surface area (Å²) >= 11 is 0. The van der Waals surface area contributed by atoms with Crippen molar-refractivity contribution in [3.8, 4) is 0 Å². The van der Waals surface area contributed by atoms with Crippen LogP contribution in [0.15, 0.2) is 18.7 Å². The van der Waals surface area contributed by atoms with Gasteiger partial charge in [-0.15, -0.1) is 0 Å². The Hall–Kier alpha value is -0.830. The third-order valence-electron chi connectivity index (χ3n) is 2.92. The molecule has 0 saturated heterocycles. The lowest BCUT2D eigenvalue weighted by Gasteiger charge is -2.13. The highest BCUT2D eigenvalue weighted by molar-refractivity contribution is 4.73. The number of hydrogen-bond donors (Lipinski definition) is 1. The SMILES string of the molecule is CCC(CC)CNCCCn1ccnc1. The van der Waals surface area contributed by atoms with E-state index in [1.807, 2.05) is 18.7 Å². The van der Waals surface area contributed by atoms with Crippen molar-refractivity contribution in [3.63, 3.8) is 0 Å². The molecule has 0 aliphatic carbocycles. The van der Waals surface area contributed by atoms with Crippen molar-refractivity contribution in [2.24, 2.45) is 5.92 Å². The number of nitrogens with one attached hydrogen (secondary N) is 1. The molecule has 0 aliphatic rings. The summed E-state index contributed by atoms with van der Waals surface area (Å²) in [7, 11) is 0. The van der Waals surface area contributed by atoms with E-state index in [-0.39, 0.29) is 0 Å². The fourth-order valence-corrected chi connectivity index (χ4v) is 1.69. The monoisotopic (exact) mass is 209 g/mol. The van der Waals surface area contributed by atoms with E-state index in [4.69, 9.17) is 0 Å². The van der Waals surface area contributed by atoms with Crippen LogP contribution >= 0.6 is 0 Å². The molecule has 3 heteroatoms. The Morgan fingerprint density at radius 1 is 1.33 bits per heavy atom. The van der Waals surface area contributed by atoms with Crippen LogP contribution in [0.25, 0.3) is 0 Å². The lowest BCUT2D eigenvalue weighted by molar-refractivity contribution is 0.442. The van der Waals surface area contributed by atoms with Crippen molar-refractivity contribution >= 4 is 0 Å². The van der Waals surface area contributed by atoms with Crippen LogP contribution in [0.1, 0.15) is 33.1 Å². The first-order valence-corrected chi connectivity index (χ1v) is 6.03. The van der Waals surface area contributed by atoms with Gasteiger partial charge in [-0.05, 0) is 25.4 Å². The normalized spacial score (nSPS) is 11.1. The molecule has 0 atom stereocenters. The maximum atomic E-state index is 4.02. The maximum Gasteiger partial charge on any atom is 0.0945 e. The van der Waals surface area contributed by atoms with Gasteiger partial charge in [-0.3, -0.25) is 0 Å². The quantitative estimate of drug-likeness (QED) is 0.666. The lowest BCUT2D eigenvalue weighted by atomic mass is 10.0. The van der Waals surface area contributed by atoms with Crippen LogP contribution in [-0.2, 0) is 6.54 Å². The van der Waals surface area contributed by atoms with Crippen molar-refractivity contribution in [2.75, 3.05) is 13.1 Å². The molecule has 1 rings (SSSR count). The van der Waals surface area contributed by atoms with Gasteiger partial charge < -0.3 is 9.88 Å². The molecule has 86 valence electrons. The number of hydrogen-bond acceptors (Lipinski definition) is 2. The summed E-state index contributed by atoms with van der Waals surface area (Å²) in [5, 5.41) is 3.52. The minimum atomic E-state index is 0.846. The number of aryl methyl sites for hydroxylation is 1. The third-order valence-corrected chi connectivity index (χ3v) is 2.92. The van der Waals surface area contributed by atoms with Crippen LogP contribution in [0, 0.1) is 5.92 Å². The molecule has 0 unspecified atom stereocenters. The summed E-state index contributed by atoms with van der Waals surface area (Å²) in [4.78, 5) is 4.02. The first-order valence-electron chi connectivity index (χ1n) is 6.03.